The van der Waals surface area contributed by atoms with Crippen molar-refractivity contribution >= 4 is 23.8 Å². The average molecular weight is 695 g/mol. The van der Waals surface area contributed by atoms with Crippen LogP contribution in [-0.2, 0) is 26.6 Å². The summed E-state index contributed by atoms with van der Waals surface area (Å²) in [5.74, 6) is -4.30. The van der Waals surface area contributed by atoms with Crippen molar-refractivity contribution in [3.05, 3.63) is 70.1 Å². The molecular formula is C29H30F8N6O5. The lowest BCUT2D eigenvalue weighted by atomic mass is 9.93. The van der Waals surface area contributed by atoms with Gasteiger partial charge < -0.3 is 30.3 Å². The first-order chi connectivity index (χ1) is 22.6. The molecular weight excluding hydrogens is 664 g/mol. The number of piperidine rings is 1. The number of pyridine rings is 1. The molecule has 3 N–H and O–H groups in total. The van der Waals surface area contributed by atoms with Crippen LogP contribution in [0.3, 0.4) is 0 Å². The fourth-order valence-corrected chi connectivity index (χ4v) is 5.37. The molecule has 19 heteroatoms. The van der Waals surface area contributed by atoms with Gasteiger partial charge in [0.25, 0.3) is 0 Å². The number of halogens is 8. The lowest BCUT2D eigenvalue weighted by Crippen LogP contribution is -2.56. The van der Waals surface area contributed by atoms with Crippen LogP contribution in [0.25, 0.3) is 0 Å². The zero-order chi connectivity index (χ0) is 35.4. The van der Waals surface area contributed by atoms with Gasteiger partial charge in [-0.15, -0.1) is 0 Å². The van der Waals surface area contributed by atoms with Crippen LogP contribution in [0, 0.1) is 11.6 Å². The summed E-state index contributed by atoms with van der Waals surface area (Å²) in [5, 5.41) is 7.95. The first-order valence-corrected chi connectivity index (χ1v) is 14.3. The Balaban J connectivity index is 1.42. The number of nitrogens with zero attached hydrogens (tertiary/aromatic N) is 3. The first kappa shape index (κ1) is 36.3. The van der Waals surface area contributed by atoms with Crippen molar-refractivity contribution in [1.82, 2.24) is 25.8 Å². The highest BCUT2D eigenvalue weighted by Gasteiger charge is 2.43. The SMILES string of the molecule is COCC1=C(C(=O)OC)C(c2ccc(F)c(F)c2)N(C(=O)NCCNC2CCN(c3nc(C(F)(F)F)ccc3C(F)(F)F)CC2)C(=O)N1. The molecule has 0 spiro atoms. The summed E-state index contributed by atoms with van der Waals surface area (Å²) in [4.78, 5) is 44.2. The summed E-state index contributed by atoms with van der Waals surface area (Å²) in [7, 11) is 2.32. The number of rotatable bonds is 9. The van der Waals surface area contributed by atoms with Crippen molar-refractivity contribution in [3.63, 3.8) is 0 Å². The molecule has 1 atom stereocenters. The standard InChI is InChI=1S/C29H30F8N6O5/c1-47-14-20-22(25(44)48-2)23(15-3-5-18(30)19(31)13-15)43(27(46)40-20)26(45)39-10-9-38-16-7-11-42(12-8-16)24-17(28(32,33)34)4-6-21(41-24)29(35,36)37/h3-6,13,16,23,38H,7-12,14H2,1-2H3,(H,39,45)(H,40,46). The van der Waals surface area contributed by atoms with Gasteiger partial charge in [0.2, 0.25) is 0 Å². The van der Waals surface area contributed by atoms with Gasteiger partial charge >= 0.3 is 30.4 Å². The number of carbonyl (C=O) groups is 3. The molecule has 1 fully saturated rings. The predicted octanol–water partition coefficient (Wildman–Crippen LogP) is 4.51. The molecule has 0 bridgehead atoms. The average Bonchev–Trinajstić information content (AvgIpc) is 3.03. The van der Waals surface area contributed by atoms with Crippen molar-refractivity contribution in [1.29, 1.82) is 0 Å². The summed E-state index contributed by atoms with van der Waals surface area (Å²) in [6, 6.07) is -0.640. The molecule has 2 aliphatic heterocycles. The predicted molar refractivity (Wildman–Crippen MR) is 151 cm³/mol. The van der Waals surface area contributed by atoms with Crippen molar-refractivity contribution in [2.75, 3.05) is 51.9 Å². The van der Waals surface area contributed by atoms with Crippen LogP contribution in [0.2, 0.25) is 0 Å². The number of ether oxygens (including phenoxy) is 2. The molecule has 11 nitrogen and oxygen atoms in total. The zero-order valence-corrected chi connectivity index (χ0v) is 25.4. The lowest BCUT2D eigenvalue weighted by Gasteiger charge is -2.37. The van der Waals surface area contributed by atoms with Gasteiger partial charge in [0.05, 0.1) is 30.6 Å². The fraction of sp³-hybridized carbons (Fsp3) is 0.448. The second-order valence-electron chi connectivity index (χ2n) is 10.7. The molecule has 48 heavy (non-hydrogen) atoms. The maximum Gasteiger partial charge on any atom is 0.433 e. The van der Waals surface area contributed by atoms with Crippen LogP contribution < -0.4 is 20.9 Å². The molecule has 0 radical (unpaired) electrons. The number of anilines is 1. The van der Waals surface area contributed by atoms with E-state index in [2.05, 4.69) is 20.9 Å². The number of amides is 4. The fourth-order valence-electron chi connectivity index (χ4n) is 5.37. The van der Waals surface area contributed by atoms with Gasteiger partial charge in [-0.1, -0.05) is 6.07 Å². The number of aromatic nitrogens is 1. The molecule has 2 aromatic rings. The minimum absolute atomic E-state index is 0.0439. The summed E-state index contributed by atoms with van der Waals surface area (Å²) in [5.41, 5.74) is -3.19. The van der Waals surface area contributed by atoms with E-state index in [1.807, 2.05) is 0 Å². The van der Waals surface area contributed by atoms with Gasteiger partial charge in [-0.3, -0.25) is 0 Å². The van der Waals surface area contributed by atoms with E-state index < -0.39 is 65.1 Å². The maximum atomic E-state index is 14.2. The van der Waals surface area contributed by atoms with E-state index in [1.54, 1.807) is 0 Å². The van der Waals surface area contributed by atoms with Crippen molar-refractivity contribution in [2.24, 2.45) is 0 Å². The molecule has 1 saturated heterocycles. The van der Waals surface area contributed by atoms with E-state index in [-0.39, 0.29) is 74.6 Å². The van der Waals surface area contributed by atoms with Crippen LogP contribution in [0.5, 0.6) is 0 Å². The Hall–Kier alpha value is -4.52. The van der Waals surface area contributed by atoms with E-state index in [1.165, 1.54) is 7.11 Å². The van der Waals surface area contributed by atoms with Gasteiger partial charge in [0.1, 0.15) is 17.6 Å². The summed E-state index contributed by atoms with van der Waals surface area (Å²) >= 11 is 0. The van der Waals surface area contributed by atoms with Crippen molar-refractivity contribution in [3.8, 4) is 0 Å². The number of esters is 1. The highest BCUT2D eigenvalue weighted by molar-refractivity contribution is 6.01. The molecule has 262 valence electrons. The van der Waals surface area contributed by atoms with E-state index in [4.69, 9.17) is 9.47 Å². The van der Waals surface area contributed by atoms with Crippen molar-refractivity contribution in [2.45, 2.75) is 37.3 Å². The zero-order valence-electron chi connectivity index (χ0n) is 25.4. The van der Waals surface area contributed by atoms with Gasteiger partial charge in [0, 0.05) is 39.3 Å². The Bertz CT molecular complexity index is 1560. The molecule has 1 unspecified atom stereocenters. The van der Waals surface area contributed by atoms with Crippen LogP contribution >= 0.6 is 0 Å². The normalized spacial score (nSPS) is 17.8. The highest BCUT2D eigenvalue weighted by atomic mass is 19.4. The van der Waals surface area contributed by atoms with E-state index in [9.17, 15) is 49.5 Å². The molecule has 0 aliphatic carbocycles. The molecule has 1 aromatic carbocycles. The number of hydrogen-bond acceptors (Lipinski definition) is 8. The molecule has 2 aliphatic rings. The van der Waals surface area contributed by atoms with Crippen LogP contribution in [0.4, 0.5) is 50.5 Å². The summed E-state index contributed by atoms with van der Waals surface area (Å²) in [6.45, 7) is -0.403. The first-order valence-electron chi connectivity index (χ1n) is 14.3. The number of alkyl halides is 6. The van der Waals surface area contributed by atoms with Crippen LogP contribution in [-0.4, -0.2) is 81.0 Å². The summed E-state index contributed by atoms with van der Waals surface area (Å²) < 4.78 is 118. The highest BCUT2D eigenvalue weighted by Crippen LogP contribution is 2.39. The Morgan fingerprint density at radius 1 is 0.979 bits per heavy atom. The Morgan fingerprint density at radius 3 is 2.25 bits per heavy atom. The third-order valence-corrected chi connectivity index (χ3v) is 7.61. The smallest absolute Gasteiger partial charge is 0.433 e. The number of benzene rings is 1. The Labute approximate surface area is 268 Å². The minimum atomic E-state index is -4.93. The lowest BCUT2D eigenvalue weighted by molar-refractivity contribution is -0.144. The quantitative estimate of drug-likeness (QED) is 0.199. The van der Waals surface area contributed by atoms with Crippen molar-refractivity contribution < 1.29 is 59.0 Å². The molecule has 3 heterocycles. The van der Waals surface area contributed by atoms with Gasteiger partial charge in [-0.2, -0.15) is 26.3 Å². The molecule has 0 saturated carbocycles. The monoisotopic (exact) mass is 694 g/mol. The van der Waals surface area contributed by atoms with Crippen LogP contribution in [0.1, 0.15) is 35.7 Å². The topological polar surface area (TPSA) is 125 Å². The summed E-state index contributed by atoms with van der Waals surface area (Å²) in [6.07, 6.45) is -9.40. The number of hydrogen-bond donors (Lipinski definition) is 3. The third kappa shape index (κ3) is 8.12. The third-order valence-electron chi connectivity index (χ3n) is 7.61. The second-order valence-corrected chi connectivity index (χ2v) is 10.7. The second kappa shape index (κ2) is 14.7. The number of nitrogens with one attached hydrogen (secondary N) is 3. The number of imide groups is 1. The van der Waals surface area contributed by atoms with Gasteiger partial charge in [-0.05, 0) is 42.7 Å². The van der Waals surface area contributed by atoms with E-state index in [0.717, 1.165) is 30.2 Å². The van der Waals surface area contributed by atoms with E-state index >= 15 is 0 Å². The molecule has 1 aromatic heterocycles. The maximum absolute atomic E-state index is 14.2. The number of urea groups is 2. The number of methoxy groups -OCH3 is 2. The van der Waals surface area contributed by atoms with Gasteiger partial charge in [-0.25, -0.2) is 33.0 Å². The minimum Gasteiger partial charge on any atom is -0.466 e. The largest absolute Gasteiger partial charge is 0.466 e. The number of carbonyl (C=O) groups excluding carboxylic acids is 3. The Kier molecular flexibility index (Phi) is 11.1. The molecule has 4 amide bonds. The Morgan fingerprint density at radius 2 is 1.67 bits per heavy atom. The van der Waals surface area contributed by atoms with Gasteiger partial charge in [0.15, 0.2) is 11.6 Å². The van der Waals surface area contributed by atoms with Crippen LogP contribution in [0.15, 0.2) is 41.6 Å². The molecule has 4 rings (SSSR count). The van der Waals surface area contributed by atoms with E-state index in [0.29, 0.717) is 11.0 Å².